The standard InChI is InChI=1S/C21H18ClN3O3/c22-16-6-3-14(4-7-16)13-23-21(27)24-17-8-5-15-9-10-25(18(15)12-17)20(26)19-2-1-11-28-19/h1-8,11-12H,9-10,13H2,(H2,23,24,27). The van der Waals surface area contributed by atoms with Crippen molar-refractivity contribution in [3.8, 4) is 0 Å². The third kappa shape index (κ3) is 3.87. The van der Waals surface area contributed by atoms with E-state index in [-0.39, 0.29) is 11.9 Å². The maximum absolute atomic E-state index is 12.6. The van der Waals surface area contributed by atoms with Crippen LogP contribution in [0.2, 0.25) is 5.02 Å². The van der Waals surface area contributed by atoms with Crippen molar-refractivity contribution in [3.05, 3.63) is 82.8 Å². The van der Waals surface area contributed by atoms with Crippen LogP contribution in [0.1, 0.15) is 21.7 Å². The number of nitrogens with zero attached hydrogens (tertiary/aromatic N) is 1. The Morgan fingerprint density at radius 1 is 1.11 bits per heavy atom. The Morgan fingerprint density at radius 2 is 1.93 bits per heavy atom. The first kappa shape index (κ1) is 18.1. The summed E-state index contributed by atoms with van der Waals surface area (Å²) in [6.07, 6.45) is 2.25. The van der Waals surface area contributed by atoms with Gasteiger partial charge in [0.25, 0.3) is 5.91 Å². The molecule has 1 aromatic heterocycles. The smallest absolute Gasteiger partial charge is 0.319 e. The second kappa shape index (κ2) is 7.78. The first-order chi connectivity index (χ1) is 13.6. The maximum Gasteiger partial charge on any atom is 0.319 e. The number of carbonyl (C=O) groups is 2. The van der Waals surface area contributed by atoms with E-state index in [9.17, 15) is 9.59 Å². The number of fused-ring (bicyclic) bond motifs is 1. The molecule has 0 atom stereocenters. The summed E-state index contributed by atoms with van der Waals surface area (Å²) in [5.74, 6) is 0.111. The zero-order valence-electron chi connectivity index (χ0n) is 14.9. The van der Waals surface area contributed by atoms with Gasteiger partial charge in [0.1, 0.15) is 0 Å². The predicted molar refractivity (Wildman–Crippen MR) is 108 cm³/mol. The normalized spacial score (nSPS) is 12.5. The highest BCUT2D eigenvalue weighted by atomic mass is 35.5. The van der Waals surface area contributed by atoms with Crippen LogP contribution in [0.15, 0.2) is 65.3 Å². The van der Waals surface area contributed by atoms with Crippen LogP contribution in [-0.4, -0.2) is 18.5 Å². The minimum Gasteiger partial charge on any atom is -0.459 e. The highest BCUT2D eigenvalue weighted by Crippen LogP contribution is 2.32. The summed E-state index contributed by atoms with van der Waals surface area (Å²) < 4.78 is 5.22. The van der Waals surface area contributed by atoms with Crippen LogP contribution in [-0.2, 0) is 13.0 Å². The topological polar surface area (TPSA) is 74.6 Å². The third-order valence-electron chi connectivity index (χ3n) is 4.58. The Balaban J connectivity index is 1.42. The second-order valence-electron chi connectivity index (χ2n) is 6.46. The summed E-state index contributed by atoms with van der Waals surface area (Å²) in [4.78, 5) is 26.5. The van der Waals surface area contributed by atoms with Gasteiger partial charge in [-0.05, 0) is 53.9 Å². The number of carbonyl (C=O) groups excluding carboxylic acids is 2. The molecule has 6 nitrogen and oxygen atoms in total. The molecule has 3 aromatic rings. The molecule has 1 aliphatic rings. The number of amides is 3. The van der Waals surface area contributed by atoms with E-state index >= 15 is 0 Å². The molecule has 2 heterocycles. The van der Waals surface area contributed by atoms with E-state index in [1.54, 1.807) is 29.2 Å². The first-order valence-electron chi connectivity index (χ1n) is 8.88. The van der Waals surface area contributed by atoms with Gasteiger partial charge in [-0.2, -0.15) is 0 Å². The Labute approximate surface area is 167 Å². The lowest BCUT2D eigenvalue weighted by atomic mass is 10.1. The predicted octanol–water partition coefficient (Wildman–Crippen LogP) is 4.46. The average Bonchev–Trinajstić information content (AvgIpc) is 3.37. The van der Waals surface area contributed by atoms with Crippen molar-refractivity contribution in [3.63, 3.8) is 0 Å². The van der Waals surface area contributed by atoms with E-state index in [1.807, 2.05) is 30.3 Å². The van der Waals surface area contributed by atoms with Crippen molar-refractivity contribution >= 4 is 34.9 Å². The molecule has 1 aliphatic heterocycles. The van der Waals surface area contributed by atoms with Crippen molar-refractivity contribution in [2.45, 2.75) is 13.0 Å². The zero-order chi connectivity index (χ0) is 19.5. The number of furan rings is 1. The summed E-state index contributed by atoms with van der Waals surface area (Å²) >= 11 is 5.86. The molecule has 7 heteroatoms. The van der Waals surface area contributed by atoms with Gasteiger partial charge >= 0.3 is 6.03 Å². The van der Waals surface area contributed by atoms with Gasteiger partial charge < -0.3 is 20.0 Å². The molecular weight excluding hydrogens is 378 g/mol. The largest absolute Gasteiger partial charge is 0.459 e. The van der Waals surface area contributed by atoms with E-state index in [0.717, 1.165) is 23.2 Å². The van der Waals surface area contributed by atoms with Crippen molar-refractivity contribution in [2.24, 2.45) is 0 Å². The quantitative estimate of drug-likeness (QED) is 0.685. The Bertz CT molecular complexity index is 1000. The number of rotatable bonds is 4. The molecule has 0 saturated heterocycles. The molecular formula is C21H18ClN3O3. The van der Waals surface area contributed by atoms with Gasteiger partial charge in [0, 0.05) is 29.5 Å². The van der Waals surface area contributed by atoms with Gasteiger partial charge in [-0.15, -0.1) is 0 Å². The summed E-state index contributed by atoms with van der Waals surface area (Å²) in [5, 5.41) is 6.27. The fourth-order valence-corrected chi connectivity index (χ4v) is 3.29. The molecule has 142 valence electrons. The van der Waals surface area contributed by atoms with Crippen molar-refractivity contribution < 1.29 is 14.0 Å². The van der Waals surface area contributed by atoms with Crippen LogP contribution in [0.25, 0.3) is 0 Å². The molecule has 3 amide bonds. The number of benzene rings is 2. The van der Waals surface area contributed by atoms with Crippen LogP contribution < -0.4 is 15.5 Å². The maximum atomic E-state index is 12.6. The lowest BCUT2D eigenvalue weighted by Gasteiger charge is -2.17. The summed E-state index contributed by atoms with van der Waals surface area (Å²) in [7, 11) is 0. The van der Waals surface area contributed by atoms with Crippen LogP contribution in [0.4, 0.5) is 16.2 Å². The molecule has 0 radical (unpaired) electrons. The monoisotopic (exact) mass is 395 g/mol. The van der Waals surface area contributed by atoms with E-state index in [2.05, 4.69) is 10.6 Å². The number of hydrogen-bond acceptors (Lipinski definition) is 3. The minimum absolute atomic E-state index is 0.187. The van der Waals surface area contributed by atoms with Gasteiger partial charge in [0.15, 0.2) is 5.76 Å². The SMILES string of the molecule is O=C(NCc1ccc(Cl)cc1)Nc1ccc2c(c1)N(C(=O)c1ccco1)CC2. The zero-order valence-corrected chi connectivity index (χ0v) is 15.7. The van der Waals surface area contributed by atoms with E-state index < -0.39 is 0 Å². The molecule has 0 saturated carbocycles. The number of nitrogens with one attached hydrogen (secondary N) is 2. The van der Waals surface area contributed by atoms with Gasteiger partial charge in [-0.3, -0.25) is 4.79 Å². The Morgan fingerprint density at radius 3 is 2.68 bits per heavy atom. The molecule has 0 fully saturated rings. The van der Waals surface area contributed by atoms with Crippen molar-refractivity contribution in [1.82, 2.24) is 5.32 Å². The Kier molecular flexibility index (Phi) is 5.04. The van der Waals surface area contributed by atoms with Crippen LogP contribution in [0.3, 0.4) is 0 Å². The summed E-state index contributed by atoms with van der Waals surface area (Å²) in [5.41, 5.74) is 3.42. The number of anilines is 2. The highest BCUT2D eigenvalue weighted by molar-refractivity contribution is 6.30. The molecule has 0 spiro atoms. The molecule has 4 rings (SSSR count). The van der Waals surface area contributed by atoms with Gasteiger partial charge in [-0.25, -0.2) is 4.79 Å². The van der Waals surface area contributed by atoms with Crippen LogP contribution in [0.5, 0.6) is 0 Å². The molecule has 2 N–H and O–H groups in total. The molecule has 0 bridgehead atoms. The van der Waals surface area contributed by atoms with Gasteiger partial charge in [-0.1, -0.05) is 29.8 Å². The molecule has 0 unspecified atom stereocenters. The summed E-state index contributed by atoms with van der Waals surface area (Å²) in [6.45, 7) is 0.970. The van der Waals surface area contributed by atoms with Crippen molar-refractivity contribution in [1.29, 1.82) is 0 Å². The van der Waals surface area contributed by atoms with E-state index in [4.69, 9.17) is 16.0 Å². The number of hydrogen-bond donors (Lipinski definition) is 2. The fraction of sp³-hybridized carbons (Fsp3) is 0.143. The third-order valence-corrected chi connectivity index (χ3v) is 4.83. The first-order valence-corrected chi connectivity index (χ1v) is 9.25. The lowest BCUT2D eigenvalue weighted by Crippen LogP contribution is -2.29. The van der Waals surface area contributed by atoms with E-state index in [1.165, 1.54) is 6.26 Å². The number of urea groups is 1. The second-order valence-corrected chi connectivity index (χ2v) is 6.90. The fourth-order valence-electron chi connectivity index (χ4n) is 3.16. The van der Waals surface area contributed by atoms with Gasteiger partial charge in [0.2, 0.25) is 0 Å². The minimum atomic E-state index is -0.322. The van der Waals surface area contributed by atoms with Crippen molar-refractivity contribution in [2.75, 3.05) is 16.8 Å². The van der Waals surface area contributed by atoms with Crippen LogP contribution in [0, 0.1) is 0 Å². The van der Waals surface area contributed by atoms with Gasteiger partial charge in [0.05, 0.1) is 6.26 Å². The van der Waals surface area contributed by atoms with Crippen LogP contribution >= 0.6 is 11.6 Å². The average molecular weight is 396 g/mol. The molecule has 0 aliphatic carbocycles. The number of halogens is 1. The summed E-state index contributed by atoms with van der Waals surface area (Å²) in [6, 6.07) is 15.9. The van der Waals surface area contributed by atoms with E-state index in [0.29, 0.717) is 29.6 Å². The lowest BCUT2D eigenvalue weighted by molar-refractivity contribution is 0.0963. The Hall–Kier alpha value is -3.25. The molecule has 2 aromatic carbocycles. The highest BCUT2D eigenvalue weighted by Gasteiger charge is 2.27. The molecule has 28 heavy (non-hydrogen) atoms.